The van der Waals surface area contributed by atoms with E-state index in [1.54, 1.807) is 11.8 Å². The number of nitrogens with two attached hydrogens (primary N) is 1. The Morgan fingerprint density at radius 1 is 1.00 bits per heavy atom. The molecule has 1 atom stereocenters. The average molecular weight is 375 g/mol. The summed E-state index contributed by atoms with van der Waals surface area (Å²) < 4.78 is 0. The van der Waals surface area contributed by atoms with Gasteiger partial charge in [0.25, 0.3) is 0 Å². The Labute approximate surface area is 155 Å². The van der Waals surface area contributed by atoms with E-state index in [1.165, 1.54) is 38.5 Å². The van der Waals surface area contributed by atoms with Crippen LogP contribution < -0.4 is 11.1 Å². The molecule has 0 heterocycles. The molecule has 0 fully saturated rings. The third kappa shape index (κ3) is 14.9. The lowest BCUT2D eigenvalue weighted by molar-refractivity contribution is -0.141. The SMILES string of the molecule is CCCCCCCCCSCCC(NC(=O)CCC(=O)CN)C(=O)O. The summed E-state index contributed by atoms with van der Waals surface area (Å²) in [6.45, 7) is 2.12. The maximum atomic E-state index is 11.7. The number of carboxylic acids is 1. The van der Waals surface area contributed by atoms with Crippen LogP contribution in [-0.4, -0.2) is 46.9 Å². The zero-order valence-corrected chi connectivity index (χ0v) is 16.2. The third-order valence-corrected chi connectivity index (χ3v) is 5.04. The summed E-state index contributed by atoms with van der Waals surface area (Å²) in [4.78, 5) is 34.0. The van der Waals surface area contributed by atoms with Crippen molar-refractivity contribution >= 4 is 29.4 Å². The van der Waals surface area contributed by atoms with Gasteiger partial charge < -0.3 is 16.2 Å². The van der Waals surface area contributed by atoms with Gasteiger partial charge in [-0.1, -0.05) is 45.4 Å². The highest BCUT2D eigenvalue weighted by Gasteiger charge is 2.19. The molecule has 0 aliphatic rings. The number of amides is 1. The van der Waals surface area contributed by atoms with Crippen LogP contribution in [0, 0.1) is 0 Å². The first-order chi connectivity index (χ1) is 12.0. The van der Waals surface area contributed by atoms with Gasteiger partial charge in [0.15, 0.2) is 0 Å². The van der Waals surface area contributed by atoms with Crippen LogP contribution in [0.2, 0.25) is 0 Å². The van der Waals surface area contributed by atoms with Crippen molar-refractivity contribution in [1.29, 1.82) is 0 Å². The van der Waals surface area contributed by atoms with Gasteiger partial charge in [0.1, 0.15) is 11.8 Å². The number of rotatable bonds is 17. The molecule has 0 rings (SSSR count). The molecular weight excluding hydrogens is 340 g/mol. The molecule has 0 aromatic carbocycles. The number of Topliss-reactive ketones (excluding diaryl/α,β-unsaturated/α-hetero) is 1. The lowest BCUT2D eigenvalue weighted by Gasteiger charge is -2.14. The Morgan fingerprint density at radius 2 is 1.64 bits per heavy atom. The zero-order chi connectivity index (χ0) is 18.9. The summed E-state index contributed by atoms with van der Waals surface area (Å²) in [6.07, 6.45) is 9.30. The van der Waals surface area contributed by atoms with Crippen LogP contribution in [0.25, 0.3) is 0 Å². The molecule has 0 saturated carbocycles. The molecular formula is C18H34N2O4S. The molecule has 0 bridgehead atoms. The van der Waals surface area contributed by atoms with Gasteiger partial charge in [0.05, 0.1) is 6.54 Å². The Hall–Kier alpha value is -1.08. The van der Waals surface area contributed by atoms with Gasteiger partial charge >= 0.3 is 5.97 Å². The lowest BCUT2D eigenvalue weighted by atomic mass is 10.1. The highest BCUT2D eigenvalue weighted by molar-refractivity contribution is 7.99. The van der Waals surface area contributed by atoms with E-state index in [-0.39, 0.29) is 25.2 Å². The van der Waals surface area contributed by atoms with Gasteiger partial charge in [0, 0.05) is 12.8 Å². The van der Waals surface area contributed by atoms with Crippen molar-refractivity contribution in [2.75, 3.05) is 18.1 Å². The highest BCUT2D eigenvalue weighted by Crippen LogP contribution is 2.12. The fraction of sp³-hybridized carbons (Fsp3) is 0.833. The first-order valence-electron chi connectivity index (χ1n) is 9.32. The number of hydrogen-bond acceptors (Lipinski definition) is 5. The van der Waals surface area contributed by atoms with Crippen molar-refractivity contribution < 1.29 is 19.5 Å². The van der Waals surface area contributed by atoms with Crippen LogP contribution >= 0.6 is 11.8 Å². The molecule has 0 radical (unpaired) electrons. The average Bonchev–Trinajstić information content (AvgIpc) is 2.59. The smallest absolute Gasteiger partial charge is 0.326 e. The molecule has 0 aromatic heterocycles. The van der Waals surface area contributed by atoms with Crippen LogP contribution in [0.4, 0.5) is 0 Å². The zero-order valence-electron chi connectivity index (χ0n) is 15.4. The molecule has 4 N–H and O–H groups in total. The lowest BCUT2D eigenvalue weighted by Crippen LogP contribution is -2.41. The van der Waals surface area contributed by atoms with E-state index in [0.29, 0.717) is 12.2 Å². The maximum Gasteiger partial charge on any atom is 0.326 e. The predicted octanol–water partition coefficient (Wildman–Crippen LogP) is 2.74. The van der Waals surface area contributed by atoms with Crippen LogP contribution in [0.15, 0.2) is 0 Å². The maximum absolute atomic E-state index is 11.7. The van der Waals surface area contributed by atoms with Crippen molar-refractivity contribution in [2.45, 2.75) is 77.2 Å². The largest absolute Gasteiger partial charge is 0.480 e. The Balaban J connectivity index is 3.74. The van der Waals surface area contributed by atoms with Crippen molar-refractivity contribution in [2.24, 2.45) is 5.73 Å². The third-order valence-electron chi connectivity index (χ3n) is 3.93. The summed E-state index contributed by atoms with van der Waals surface area (Å²) in [5, 5.41) is 11.7. The fourth-order valence-corrected chi connectivity index (χ4v) is 3.36. The molecule has 7 heteroatoms. The van der Waals surface area contributed by atoms with Crippen molar-refractivity contribution in [3.8, 4) is 0 Å². The molecule has 1 amide bonds. The predicted molar refractivity (Wildman–Crippen MR) is 103 cm³/mol. The topological polar surface area (TPSA) is 109 Å². The summed E-state index contributed by atoms with van der Waals surface area (Å²) in [7, 11) is 0. The minimum atomic E-state index is -1.03. The highest BCUT2D eigenvalue weighted by atomic mass is 32.2. The molecule has 25 heavy (non-hydrogen) atoms. The van der Waals surface area contributed by atoms with Crippen molar-refractivity contribution in [3.05, 3.63) is 0 Å². The number of carbonyl (C=O) groups is 3. The number of hydrogen-bond donors (Lipinski definition) is 3. The number of ketones is 1. The standard InChI is InChI=1S/C18H34N2O4S/c1-2-3-4-5-6-7-8-12-25-13-11-16(18(23)24)20-17(22)10-9-15(21)14-19/h16H,2-14,19H2,1H3,(H,20,22)(H,23,24). The van der Waals surface area contributed by atoms with E-state index in [4.69, 9.17) is 5.73 Å². The fourth-order valence-electron chi connectivity index (χ4n) is 2.34. The van der Waals surface area contributed by atoms with E-state index >= 15 is 0 Å². The van der Waals surface area contributed by atoms with Crippen LogP contribution in [-0.2, 0) is 14.4 Å². The Morgan fingerprint density at radius 3 is 2.24 bits per heavy atom. The number of nitrogens with one attached hydrogen (secondary N) is 1. The number of unbranched alkanes of at least 4 members (excludes halogenated alkanes) is 6. The summed E-state index contributed by atoms with van der Waals surface area (Å²) in [5.41, 5.74) is 5.18. The van der Waals surface area contributed by atoms with E-state index in [0.717, 1.165) is 12.2 Å². The van der Waals surface area contributed by atoms with E-state index in [2.05, 4.69) is 12.2 Å². The van der Waals surface area contributed by atoms with Crippen LogP contribution in [0.5, 0.6) is 0 Å². The monoisotopic (exact) mass is 374 g/mol. The quantitative estimate of drug-likeness (QED) is 0.338. The van der Waals surface area contributed by atoms with Crippen LogP contribution in [0.1, 0.15) is 71.1 Å². The second-order valence-electron chi connectivity index (χ2n) is 6.22. The van der Waals surface area contributed by atoms with Gasteiger partial charge in [-0.05, 0) is 24.3 Å². The number of aliphatic carboxylic acids is 1. The number of carboxylic acid groups (broad SMARTS) is 1. The normalized spacial score (nSPS) is 11.9. The molecule has 1 unspecified atom stereocenters. The second-order valence-corrected chi connectivity index (χ2v) is 7.45. The molecule has 6 nitrogen and oxygen atoms in total. The van der Waals surface area contributed by atoms with E-state index in [1.807, 2.05) is 0 Å². The molecule has 0 aliphatic heterocycles. The van der Waals surface area contributed by atoms with Crippen LogP contribution in [0.3, 0.4) is 0 Å². The summed E-state index contributed by atoms with van der Waals surface area (Å²) >= 11 is 1.73. The minimum Gasteiger partial charge on any atom is -0.480 e. The molecule has 0 spiro atoms. The summed E-state index contributed by atoms with van der Waals surface area (Å²) in [5.74, 6) is 0.0852. The van der Waals surface area contributed by atoms with Crippen molar-refractivity contribution in [1.82, 2.24) is 5.32 Å². The molecule has 146 valence electrons. The summed E-state index contributed by atoms with van der Waals surface area (Å²) in [6, 6.07) is -0.887. The van der Waals surface area contributed by atoms with Gasteiger partial charge in [-0.3, -0.25) is 9.59 Å². The Bertz CT molecular complexity index is 391. The van der Waals surface area contributed by atoms with Crippen molar-refractivity contribution in [3.63, 3.8) is 0 Å². The van der Waals surface area contributed by atoms with Gasteiger partial charge in [-0.25, -0.2) is 4.79 Å². The Kier molecular flexibility index (Phi) is 15.7. The first kappa shape index (κ1) is 23.9. The number of carbonyl (C=O) groups excluding carboxylic acids is 2. The first-order valence-corrected chi connectivity index (χ1v) is 10.5. The molecule has 0 aromatic rings. The molecule has 0 saturated heterocycles. The van der Waals surface area contributed by atoms with E-state index in [9.17, 15) is 19.5 Å². The second kappa shape index (κ2) is 16.4. The van der Waals surface area contributed by atoms with Gasteiger partial charge in [-0.15, -0.1) is 0 Å². The molecule has 0 aliphatic carbocycles. The van der Waals surface area contributed by atoms with E-state index < -0.39 is 17.9 Å². The number of thioether (sulfide) groups is 1. The van der Waals surface area contributed by atoms with Gasteiger partial charge in [0.2, 0.25) is 5.91 Å². The minimum absolute atomic E-state index is 0.00894. The van der Waals surface area contributed by atoms with Gasteiger partial charge in [-0.2, -0.15) is 11.8 Å².